The van der Waals surface area contributed by atoms with Crippen LogP contribution in [0.15, 0.2) is 30.3 Å². The SMILES string of the molecule is CNc1ccc2[nH]c(-c3ccc(C)cc3O)nc2n1. The number of phenols is 1. The fraction of sp³-hybridized carbons (Fsp3) is 0.143. The number of hydrogen-bond donors (Lipinski definition) is 3. The zero-order chi connectivity index (χ0) is 13.4. The van der Waals surface area contributed by atoms with Crippen LogP contribution in [0.1, 0.15) is 5.56 Å². The van der Waals surface area contributed by atoms with Crippen molar-refractivity contribution in [3.8, 4) is 17.1 Å². The van der Waals surface area contributed by atoms with Crippen molar-refractivity contribution in [3.63, 3.8) is 0 Å². The van der Waals surface area contributed by atoms with Crippen molar-refractivity contribution in [1.82, 2.24) is 15.0 Å². The monoisotopic (exact) mass is 254 g/mol. The number of anilines is 1. The number of nitrogens with zero attached hydrogens (tertiary/aromatic N) is 2. The minimum absolute atomic E-state index is 0.216. The first-order valence-electron chi connectivity index (χ1n) is 6.02. The van der Waals surface area contributed by atoms with E-state index in [1.54, 1.807) is 6.07 Å². The number of imidazole rings is 1. The Hall–Kier alpha value is -2.56. The van der Waals surface area contributed by atoms with Gasteiger partial charge in [0.2, 0.25) is 0 Å². The van der Waals surface area contributed by atoms with Gasteiger partial charge in [-0.1, -0.05) is 6.07 Å². The van der Waals surface area contributed by atoms with Gasteiger partial charge in [0, 0.05) is 7.05 Å². The molecule has 3 aromatic rings. The third kappa shape index (κ3) is 1.99. The van der Waals surface area contributed by atoms with Crippen LogP contribution in [-0.2, 0) is 0 Å². The summed E-state index contributed by atoms with van der Waals surface area (Å²) < 4.78 is 0. The van der Waals surface area contributed by atoms with Crippen LogP contribution in [-0.4, -0.2) is 27.1 Å². The van der Waals surface area contributed by atoms with Crippen molar-refractivity contribution in [3.05, 3.63) is 35.9 Å². The van der Waals surface area contributed by atoms with Crippen molar-refractivity contribution in [2.24, 2.45) is 0 Å². The Kier molecular flexibility index (Phi) is 2.59. The first-order valence-corrected chi connectivity index (χ1v) is 6.02. The second kappa shape index (κ2) is 4.28. The lowest BCUT2D eigenvalue weighted by Crippen LogP contribution is -1.91. The highest BCUT2D eigenvalue weighted by atomic mass is 16.3. The third-order valence-electron chi connectivity index (χ3n) is 3.01. The summed E-state index contributed by atoms with van der Waals surface area (Å²) in [6.07, 6.45) is 0. The molecule has 2 heterocycles. The van der Waals surface area contributed by atoms with Crippen molar-refractivity contribution in [1.29, 1.82) is 0 Å². The second-order valence-electron chi connectivity index (χ2n) is 4.42. The van der Waals surface area contributed by atoms with E-state index in [2.05, 4.69) is 20.3 Å². The van der Waals surface area contributed by atoms with E-state index in [4.69, 9.17) is 0 Å². The number of phenolic OH excluding ortho intramolecular Hbond substituents is 1. The van der Waals surface area contributed by atoms with E-state index in [1.807, 2.05) is 38.2 Å². The maximum atomic E-state index is 9.98. The predicted octanol–water partition coefficient (Wildman–Crippen LogP) is 2.68. The Morgan fingerprint density at radius 1 is 1.16 bits per heavy atom. The van der Waals surface area contributed by atoms with Gasteiger partial charge < -0.3 is 15.4 Å². The first-order chi connectivity index (χ1) is 9.17. The molecular formula is C14H14N4O. The van der Waals surface area contributed by atoms with Gasteiger partial charge in [-0.25, -0.2) is 9.97 Å². The standard InChI is InChI=1S/C14H14N4O/c1-8-3-4-9(11(19)7-8)13-16-10-5-6-12(15-2)17-14(10)18-13/h3-7,19H,1-2H3,(H2,15,16,17,18). The molecule has 3 rings (SSSR count). The number of H-pyrrole nitrogens is 1. The summed E-state index contributed by atoms with van der Waals surface area (Å²) in [4.78, 5) is 11.9. The summed E-state index contributed by atoms with van der Waals surface area (Å²) in [6, 6.07) is 9.29. The van der Waals surface area contributed by atoms with Gasteiger partial charge in [-0.3, -0.25) is 0 Å². The maximum Gasteiger partial charge on any atom is 0.180 e. The molecule has 0 fully saturated rings. The number of aromatic hydroxyl groups is 1. The molecule has 0 aliphatic heterocycles. The van der Waals surface area contributed by atoms with Crippen LogP contribution in [0.3, 0.4) is 0 Å². The Balaban J connectivity index is 2.14. The van der Waals surface area contributed by atoms with Gasteiger partial charge in [0.05, 0.1) is 11.1 Å². The van der Waals surface area contributed by atoms with E-state index in [9.17, 15) is 5.11 Å². The molecule has 0 saturated heterocycles. The highest BCUT2D eigenvalue weighted by Gasteiger charge is 2.10. The Bertz CT molecular complexity index is 748. The summed E-state index contributed by atoms with van der Waals surface area (Å²) >= 11 is 0. The van der Waals surface area contributed by atoms with Crippen LogP contribution in [0.5, 0.6) is 5.75 Å². The summed E-state index contributed by atoms with van der Waals surface area (Å²) in [7, 11) is 1.81. The molecule has 19 heavy (non-hydrogen) atoms. The van der Waals surface area contributed by atoms with Gasteiger partial charge >= 0.3 is 0 Å². The Morgan fingerprint density at radius 3 is 2.74 bits per heavy atom. The summed E-state index contributed by atoms with van der Waals surface area (Å²) in [6.45, 7) is 1.93. The summed E-state index contributed by atoms with van der Waals surface area (Å²) in [5.74, 6) is 1.60. The van der Waals surface area contributed by atoms with Crippen molar-refractivity contribution in [2.45, 2.75) is 6.92 Å². The average molecular weight is 254 g/mol. The van der Waals surface area contributed by atoms with Gasteiger partial charge in [-0.2, -0.15) is 0 Å². The van der Waals surface area contributed by atoms with Gasteiger partial charge in [0.1, 0.15) is 17.4 Å². The number of aromatic nitrogens is 3. The number of hydrogen-bond acceptors (Lipinski definition) is 4. The molecule has 0 radical (unpaired) electrons. The van der Waals surface area contributed by atoms with Crippen molar-refractivity contribution < 1.29 is 5.11 Å². The molecule has 2 aromatic heterocycles. The van der Waals surface area contributed by atoms with Crippen LogP contribution < -0.4 is 5.32 Å². The lowest BCUT2D eigenvalue weighted by Gasteiger charge is -2.01. The summed E-state index contributed by atoms with van der Waals surface area (Å²) in [5, 5.41) is 13.0. The molecule has 0 saturated carbocycles. The molecule has 0 spiro atoms. The Morgan fingerprint density at radius 2 is 2.00 bits per heavy atom. The van der Waals surface area contributed by atoms with E-state index in [1.165, 1.54) is 0 Å². The number of fused-ring (bicyclic) bond motifs is 1. The zero-order valence-corrected chi connectivity index (χ0v) is 10.7. The van der Waals surface area contributed by atoms with Crippen LogP contribution in [0.25, 0.3) is 22.6 Å². The van der Waals surface area contributed by atoms with Crippen LogP contribution >= 0.6 is 0 Å². The number of nitrogens with one attached hydrogen (secondary N) is 2. The van der Waals surface area contributed by atoms with Gasteiger partial charge in [0.15, 0.2) is 5.65 Å². The fourth-order valence-corrected chi connectivity index (χ4v) is 2.00. The first kappa shape index (κ1) is 11.5. The molecule has 0 amide bonds. The second-order valence-corrected chi connectivity index (χ2v) is 4.42. The minimum atomic E-state index is 0.216. The smallest absolute Gasteiger partial charge is 0.180 e. The molecule has 5 heteroatoms. The highest BCUT2D eigenvalue weighted by Crippen LogP contribution is 2.29. The Labute approximate surface area is 110 Å². The van der Waals surface area contributed by atoms with Gasteiger partial charge in [-0.05, 0) is 36.8 Å². The van der Waals surface area contributed by atoms with Crippen LogP contribution in [0.2, 0.25) is 0 Å². The van der Waals surface area contributed by atoms with Crippen LogP contribution in [0.4, 0.5) is 5.82 Å². The van der Waals surface area contributed by atoms with Gasteiger partial charge in [0.25, 0.3) is 0 Å². The minimum Gasteiger partial charge on any atom is -0.507 e. The van der Waals surface area contributed by atoms with Crippen molar-refractivity contribution in [2.75, 3.05) is 12.4 Å². The van der Waals surface area contributed by atoms with E-state index >= 15 is 0 Å². The number of rotatable bonds is 2. The number of benzene rings is 1. The molecule has 0 aliphatic carbocycles. The quantitative estimate of drug-likeness (QED) is 0.657. The largest absolute Gasteiger partial charge is 0.507 e. The zero-order valence-electron chi connectivity index (χ0n) is 10.7. The molecule has 3 N–H and O–H groups in total. The van der Waals surface area contributed by atoms with E-state index in [0.29, 0.717) is 17.0 Å². The topological polar surface area (TPSA) is 73.8 Å². The van der Waals surface area contributed by atoms with E-state index in [0.717, 1.165) is 16.9 Å². The molecule has 0 unspecified atom stereocenters. The number of aromatic amines is 1. The highest BCUT2D eigenvalue weighted by molar-refractivity contribution is 5.79. The van der Waals surface area contributed by atoms with Crippen LogP contribution in [0, 0.1) is 6.92 Å². The average Bonchev–Trinajstić information content (AvgIpc) is 2.80. The predicted molar refractivity (Wildman–Crippen MR) is 75.3 cm³/mol. The van der Waals surface area contributed by atoms with E-state index < -0.39 is 0 Å². The van der Waals surface area contributed by atoms with Gasteiger partial charge in [-0.15, -0.1) is 0 Å². The fourth-order valence-electron chi connectivity index (χ4n) is 2.00. The molecule has 0 aliphatic rings. The molecule has 0 atom stereocenters. The molecule has 1 aromatic carbocycles. The molecular weight excluding hydrogens is 240 g/mol. The third-order valence-corrected chi connectivity index (χ3v) is 3.01. The van der Waals surface area contributed by atoms with Crippen molar-refractivity contribution >= 4 is 17.0 Å². The maximum absolute atomic E-state index is 9.98. The molecule has 96 valence electrons. The summed E-state index contributed by atoms with van der Waals surface area (Å²) in [5.41, 5.74) is 3.15. The normalized spacial score (nSPS) is 10.8. The lowest BCUT2D eigenvalue weighted by molar-refractivity contribution is 0.476. The number of aryl methyl sites for hydroxylation is 1. The number of pyridine rings is 1. The lowest BCUT2D eigenvalue weighted by atomic mass is 10.1. The molecule has 0 bridgehead atoms. The van der Waals surface area contributed by atoms with E-state index in [-0.39, 0.29) is 5.75 Å². The molecule has 5 nitrogen and oxygen atoms in total.